The highest BCUT2D eigenvalue weighted by Gasteiger charge is 2.18. The van der Waals surface area contributed by atoms with Gasteiger partial charge in [-0.05, 0) is 35.9 Å². The fourth-order valence-corrected chi connectivity index (χ4v) is 3.82. The number of sulfone groups is 1. The van der Waals surface area contributed by atoms with Gasteiger partial charge >= 0.3 is 0 Å². The quantitative estimate of drug-likeness (QED) is 0.719. The summed E-state index contributed by atoms with van der Waals surface area (Å²) in [6.07, 6.45) is 0.997. The predicted molar refractivity (Wildman–Crippen MR) is 97.8 cm³/mol. The minimum Gasteiger partial charge on any atom is -0.493 e. The summed E-state index contributed by atoms with van der Waals surface area (Å²) in [6, 6.07) is 8.95. The molecule has 0 saturated carbocycles. The minimum atomic E-state index is -4.01. The van der Waals surface area contributed by atoms with Crippen LogP contribution in [0.2, 0.25) is 0 Å². The maximum Gasteiger partial charge on any atom is 0.238 e. The van der Waals surface area contributed by atoms with E-state index >= 15 is 0 Å². The zero-order valence-electron chi connectivity index (χ0n) is 14.5. The Labute approximate surface area is 152 Å². The van der Waals surface area contributed by atoms with Crippen molar-refractivity contribution in [2.24, 2.45) is 5.14 Å². The molecule has 10 heteroatoms. The third-order valence-corrected chi connectivity index (χ3v) is 5.66. The van der Waals surface area contributed by atoms with Crippen LogP contribution in [0, 0.1) is 0 Å². The van der Waals surface area contributed by atoms with Gasteiger partial charge in [0.1, 0.15) is 0 Å². The Morgan fingerprint density at radius 1 is 0.962 bits per heavy atom. The van der Waals surface area contributed by atoms with Crippen molar-refractivity contribution in [2.45, 2.75) is 16.3 Å². The summed E-state index contributed by atoms with van der Waals surface area (Å²) in [7, 11) is -4.63. The van der Waals surface area contributed by atoms with Crippen LogP contribution in [-0.2, 0) is 26.4 Å². The summed E-state index contributed by atoms with van der Waals surface area (Å²) in [5.41, 5.74) is 1.09. The van der Waals surface area contributed by atoms with Crippen molar-refractivity contribution < 1.29 is 26.3 Å². The number of rotatable bonds is 7. The lowest BCUT2D eigenvalue weighted by atomic mass is 10.2. The van der Waals surface area contributed by atoms with Gasteiger partial charge in [0.2, 0.25) is 10.0 Å². The molecule has 2 aromatic carbocycles. The van der Waals surface area contributed by atoms with Gasteiger partial charge in [-0.25, -0.2) is 22.0 Å². The lowest BCUT2D eigenvalue weighted by Gasteiger charge is -2.14. The zero-order valence-corrected chi connectivity index (χ0v) is 16.1. The number of nitrogens with two attached hydrogens (primary N) is 1. The molecular formula is C16H20N2O6S2. The molecule has 0 saturated heterocycles. The van der Waals surface area contributed by atoms with Crippen molar-refractivity contribution in [3.8, 4) is 11.5 Å². The Kier molecular flexibility index (Phi) is 5.79. The molecule has 0 aliphatic rings. The van der Waals surface area contributed by atoms with Crippen LogP contribution < -0.4 is 19.9 Å². The van der Waals surface area contributed by atoms with E-state index in [0.29, 0.717) is 11.5 Å². The Morgan fingerprint density at radius 3 is 2.15 bits per heavy atom. The molecule has 0 bridgehead atoms. The summed E-state index contributed by atoms with van der Waals surface area (Å²) in [5.74, 6) is 1.12. The predicted octanol–water partition coefficient (Wildman–Crippen LogP) is 1.37. The first-order valence-corrected chi connectivity index (χ1v) is 10.8. The van der Waals surface area contributed by atoms with Crippen LogP contribution in [0.15, 0.2) is 46.2 Å². The number of hydrogen-bond donors (Lipinski definition) is 2. The van der Waals surface area contributed by atoms with E-state index in [1.54, 1.807) is 18.2 Å². The fourth-order valence-electron chi connectivity index (χ4n) is 2.32. The van der Waals surface area contributed by atoms with Gasteiger partial charge < -0.3 is 14.8 Å². The van der Waals surface area contributed by atoms with Crippen LogP contribution in [0.1, 0.15) is 5.56 Å². The molecule has 3 N–H and O–H groups in total. The smallest absolute Gasteiger partial charge is 0.238 e. The van der Waals surface area contributed by atoms with Crippen LogP contribution in [0.4, 0.5) is 5.69 Å². The highest BCUT2D eigenvalue weighted by molar-refractivity contribution is 7.91. The van der Waals surface area contributed by atoms with E-state index in [-0.39, 0.29) is 22.0 Å². The highest BCUT2D eigenvalue weighted by Crippen LogP contribution is 2.29. The summed E-state index contributed by atoms with van der Waals surface area (Å²) >= 11 is 0. The molecule has 0 spiro atoms. The molecule has 0 heterocycles. The topological polar surface area (TPSA) is 125 Å². The maximum atomic E-state index is 12.0. The molecule has 0 aliphatic heterocycles. The SMILES string of the molecule is COc1ccc(CNc2ccc(S(N)(=O)=O)cc2S(C)(=O)=O)cc1OC. The maximum absolute atomic E-state index is 12.0. The molecule has 0 aliphatic carbocycles. The zero-order chi connectivity index (χ0) is 19.5. The van der Waals surface area contributed by atoms with E-state index in [2.05, 4.69) is 5.32 Å². The monoisotopic (exact) mass is 400 g/mol. The molecule has 0 unspecified atom stereocenters. The van der Waals surface area contributed by atoms with E-state index in [9.17, 15) is 16.8 Å². The summed E-state index contributed by atoms with van der Waals surface area (Å²) in [4.78, 5) is -0.418. The third kappa shape index (κ3) is 4.65. The molecule has 8 nitrogen and oxygen atoms in total. The summed E-state index contributed by atoms with van der Waals surface area (Å²) < 4.78 is 57.4. The number of nitrogens with one attached hydrogen (secondary N) is 1. The van der Waals surface area contributed by atoms with Crippen molar-refractivity contribution in [3.63, 3.8) is 0 Å². The Morgan fingerprint density at radius 2 is 1.62 bits per heavy atom. The molecule has 2 rings (SSSR count). The second-order valence-electron chi connectivity index (χ2n) is 5.52. The van der Waals surface area contributed by atoms with Gasteiger partial charge in [0.25, 0.3) is 0 Å². The molecular weight excluding hydrogens is 380 g/mol. The minimum absolute atomic E-state index is 0.149. The second-order valence-corrected chi connectivity index (χ2v) is 9.06. The normalized spacial score (nSPS) is 11.8. The second kappa shape index (κ2) is 7.52. The van der Waals surface area contributed by atoms with E-state index in [1.165, 1.54) is 26.4 Å². The van der Waals surface area contributed by atoms with Gasteiger partial charge in [-0.3, -0.25) is 0 Å². The Hall–Kier alpha value is -2.30. The van der Waals surface area contributed by atoms with E-state index in [1.807, 2.05) is 0 Å². The number of anilines is 1. The molecule has 0 atom stereocenters. The first-order chi connectivity index (χ1) is 12.1. The van der Waals surface area contributed by atoms with Crippen LogP contribution in [0.5, 0.6) is 11.5 Å². The molecule has 2 aromatic rings. The van der Waals surface area contributed by atoms with Crippen LogP contribution in [0.25, 0.3) is 0 Å². The standard InChI is InChI=1S/C16H20N2O6S2/c1-23-14-7-4-11(8-15(14)24-2)10-18-13-6-5-12(26(17,21)22)9-16(13)25(3,19)20/h4-9,18H,10H2,1-3H3,(H2,17,21,22). The average molecular weight is 400 g/mol. The molecule has 142 valence electrons. The number of ether oxygens (including phenoxy) is 2. The highest BCUT2D eigenvalue weighted by atomic mass is 32.2. The first kappa shape index (κ1) is 20.0. The number of primary sulfonamides is 1. The lowest BCUT2D eigenvalue weighted by molar-refractivity contribution is 0.354. The van der Waals surface area contributed by atoms with Crippen LogP contribution in [0.3, 0.4) is 0 Å². The molecule has 0 radical (unpaired) electrons. The number of benzene rings is 2. The van der Waals surface area contributed by atoms with E-state index in [4.69, 9.17) is 14.6 Å². The third-order valence-electron chi connectivity index (χ3n) is 3.61. The molecule has 0 amide bonds. The van der Waals surface area contributed by atoms with Gasteiger partial charge in [-0.1, -0.05) is 6.07 Å². The van der Waals surface area contributed by atoms with Crippen LogP contribution in [-0.4, -0.2) is 37.3 Å². The molecule has 0 aromatic heterocycles. The number of hydrogen-bond acceptors (Lipinski definition) is 7. The van der Waals surface area contributed by atoms with Gasteiger partial charge in [0.15, 0.2) is 21.3 Å². The van der Waals surface area contributed by atoms with Crippen molar-refractivity contribution in [1.29, 1.82) is 0 Å². The van der Waals surface area contributed by atoms with Crippen molar-refractivity contribution >= 4 is 25.5 Å². The molecule has 26 heavy (non-hydrogen) atoms. The van der Waals surface area contributed by atoms with E-state index < -0.39 is 19.9 Å². The van der Waals surface area contributed by atoms with Crippen molar-refractivity contribution in [3.05, 3.63) is 42.0 Å². The average Bonchev–Trinajstić information content (AvgIpc) is 2.57. The fraction of sp³-hybridized carbons (Fsp3) is 0.250. The van der Waals surface area contributed by atoms with Gasteiger partial charge in [-0.2, -0.15) is 0 Å². The number of methoxy groups -OCH3 is 2. The Balaban J connectivity index is 2.35. The molecule has 0 fully saturated rings. The lowest BCUT2D eigenvalue weighted by Crippen LogP contribution is -2.14. The Bertz CT molecular complexity index is 1020. The van der Waals surface area contributed by atoms with Crippen molar-refractivity contribution in [2.75, 3.05) is 25.8 Å². The van der Waals surface area contributed by atoms with Gasteiger partial charge in [0.05, 0.1) is 29.7 Å². The summed E-state index contributed by atoms with van der Waals surface area (Å²) in [5, 5.41) is 8.07. The summed E-state index contributed by atoms with van der Waals surface area (Å²) in [6.45, 7) is 0.289. The van der Waals surface area contributed by atoms with Crippen LogP contribution >= 0.6 is 0 Å². The van der Waals surface area contributed by atoms with Crippen molar-refractivity contribution in [1.82, 2.24) is 0 Å². The number of sulfonamides is 1. The van der Waals surface area contributed by atoms with Gasteiger partial charge in [-0.15, -0.1) is 0 Å². The largest absolute Gasteiger partial charge is 0.493 e. The van der Waals surface area contributed by atoms with Gasteiger partial charge in [0, 0.05) is 12.8 Å². The van der Waals surface area contributed by atoms with E-state index in [0.717, 1.165) is 17.9 Å². The first-order valence-electron chi connectivity index (χ1n) is 7.38.